The summed E-state index contributed by atoms with van der Waals surface area (Å²) in [6.45, 7) is 3.07. The van der Waals surface area contributed by atoms with Gasteiger partial charge in [0.1, 0.15) is 11.6 Å². The quantitative estimate of drug-likeness (QED) is 0.665. The van der Waals surface area contributed by atoms with Gasteiger partial charge in [0.15, 0.2) is 6.10 Å². The van der Waals surface area contributed by atoms with Crippen LogP contribution in [0.2, 0.25) is 0 Å². The summed E-state index contributed by atoms with van der Waals surface area (Å²) in [7, 11) is 0. The third kappa shape index (κ3) is 3.87. The van der Waals surface area contributed by atoms with Gasteiger partial charge in [0, 0.05) is 11.8 Å². The van der Waals surface area contributed by atoms with E-state index in [0.29, 0.717) is 11.6 Å². The summed E-state index contributed by atoms with van der Waals surface area (Å²) in [5.74, 6) is -3.21. The summed E-state index contributed by atoms with van der Waals surface area (Å²) in [6.07, 6.45) is -1.19. The van der Waals surface area contributed by atoms with Gasteiger partial charge in [0.2, 0.25) is 0 Å². The maximum atomic E-state index is 13.5. The van der Waals surface area contributed by atoms with Crippen molar-refractivity contribution in [3.05, 3.63) is 59.2 Å². The van der Waals surface area contributed by atoms with Crippen molar-refractivity contribution < 1.29 is 23.1 Å². The van der Waals surface area contributed by atoms with Gasteiger partial charge in [-0.15, -0.1) is 0 Å². The number of anilines is 2. The smallest absolute Gasteiger partial charge is 0.341 e. The molecule has 1 amide bonds. The number of nitrogen functional groups attached to an aromatic ring is 1. The molecular formula is C17H16F2N2O3. The number of hydrogen-bond donors (Lipinski definition) is 2. The van der Waals surface area contributed by atoms with Gasteiger partial charge in [-0.3, -0.25) is 4.79 Å². The molecule has 126 valence electrons. The molecule has 0 aliphatic rings. The average Bonchev–Trinajstić information content (AvgIpc) is 2.52. The van der Waals surface area contributed by atoms with E-state index in [4.69, 9.17) is 10.5 Å². The number of hydrogen-bond acceptors (Lipinski definition) is 4. The number of halogens is 2. The first-order chi connectivity index (χ1) is 11.3. The minimum Gasteiger partial charge on any atom is -0.449 e. The van der Waals surface area contributed by atoms with Gasteiger partial charge in [0.25, 0.3) is 5.91 Å². The summed E-state index contributed by atoms with van der Waals surface area (Å²) in [4.78, 5) is 24.1. The number of amides is 1. The molecule has 0 spiro atoms. The molecule has 2 aromatic carbocycles. The fraction of sp³-hybridized carbons (Fsp3) is 0.176. The fourth-order valence-corrected chi connectivity index (χ4v) is 1.96. The molecule has 1 atom stereocenters. The molecule has 0 aliphatic heterocycles. The molecule has 2 rings (SSSR count). The Balaban J connectivity index is 2.06. The van der Waals surface area contributed by atoms with E-state index in [1.54, 1.807) is 19.1 Å². The molecule has 0 aliphatic carbocycles. The summed E-state index contributed by atoms with van der Waals surface area (Å²) in [5.41, 5.74) is 6.71. The lowest BCUT2D eigenvalue weighted by Gasteiger charge is -2.15. The Morgan fingerprint density at radius 3 is 2.58 bits per heavy atom. The first kappa shape index (κ1) is 17.4. The number of para-hydroxylation sites is 1. The number of aryl methyl sites for hydroxylation is 1. The van der Waals surface area contributed by atoms with Crippen molar-refractivity contribution in [2.24, 2.45) is 0 Å². The van der Waals surface area contributed by atoms with Crippen LogP contribution < -0.4 is 11.1 Å². The molecule has 0 saturated carbocycles. The molecule has 7 heteroatoms. The number of carbonyl (C=O) groups excluding carboxylic acids is 2. The molecule has 5 nitrogen and oxygen atoms in total. The van der Waals surface area contributed by atoms with Gasteiger partial charge in [-0.05, 0) is 37.6 Å². The standard InChI is InChI=1S/C17H16F2N2O3/c1-9-4-3-5-12(15(9)20)17(23)24-10(2)16(22)21-14-7-6-11(18)8-13(14)19/h3-8,10H,20H2,1-2H3,(H,21,22)/t10-/m1/s1. The van der Waals surface area contributed by atoms with Crippen molar-refractivity contribution >= 4 is 23.3 Å². The van der Waals surface area contributed by atoms with Crippen LogP contribution in [0.5, 0.6) is 0 Å². The molecule has 24 heavy (non-hydrogen) atoms. The Morgan fingerprint density at radius 1 is 1.21 bits per heavy atom. The molecular weight excluding hydrogens is 318 g/mol. The minimum absolute atomic E-state index is 0.141. The number of nitrogens with one attached hydrogen (secondary N) is 1. The van der Waals surface area contributed by atoms with Crippen LogP contribution in [0, 0.1) is 18.6 Å². The number of ether oxygens (including phenoxy) is 1. The molecule has 0 heterocycles. The molecule has 0 saturated heterocycles. The van der Waals surface area contributed by atoms with E-state index in [9.17, 15) is 18.4 Å². The fourth-order valence-electron chi connectivity index (χ4n) is 1.96. The second kappa shape index (κ2) is 7.08. The summed E-state index contributed by atoms with van der Waals surface area (Å²) in [5, 5.41) is 2.23. The van der Waals surface area contributed by atoms with E-state index >= 15 is 0 Å². The molecule has 0 fully saturated rings. The number of carbonyl (C=O) groups is 2. The molecule has 0 bridgehead atoms. The number of rotatable bonds is 4. The predicted molar refractivity (Wildman–Crippen MR) is 85.5 cm³/mol. The van der Waals surface area contributed by atoms with E-state index < -0.39 is 29.6 Å². The van der Waals surface area contributed by atoms with Crippen LogP contribution in [0.1, 0.15) is 22.8 Å². The Morgan fingerprint density at radius 2 is 1.92 bits per heavy atom. The van der Waals surface area contributed by atoms with Gasteiger partial charge in [-0.25, -0.2) is 13.6 Å². The third-order valence-electron chi connectivity index (χ3n) is 3.39. The molecule has 0 aromatic heterocycles. The first-order valence-electron chi connectivity index (χ1n) is 7.11. The largest absolute Gasteiger partial charge is 0.449 e. The van der Waals surface area contributed by atoms with Crippen LogP contribution in [0.4, 0.5) is 20.2 Å². The first-order valence-corrected chi connectivity index (χ1v) is 7.11. The van der Waals surface area contributed by atoms with Crippen LogP contribution in [0.3, 0.4) is 0 Å². The van der Waals surface area contributed by atoms with Crippen LogP contribution in [-0.2, 0) is 9.53 Å². The summed E-state index contributed by atoms with van der Waals surface area (Å²) < 4.78 is 31.4. The summed E-state index contributed by atoms with van der Waals surface area (Å²) in [6, 6.07) is 7.58. The predicted octanol–water partition coefficient (Wildman–Crippen LogP) is 3.04. The SMILES string of the molecule is Cc1cccc(C(=O)O[C@H](C)C(=O)Nc2ccc(F)cc2F)c1N. The Bertz CT molecular complexity index is 793. The zero-order valence-electron chi connectivity index (χ0n) is 13.1. The van der Waals surface area contributed by atoms with Gasteiger partial charge < -0.3 is 15.8 Å². The highest BCUT2D eigenvalue weighted by molar-refractivity contribution is 5.99. The lowest BCUT2D eigenvalue weighted by atomic mass is 10.1. The van der Waals surface area contributed by atoms with E-state index in [0.717, 1.165) is 12.1 Å². The van der Waals surface area contributed by atoms with Crippen molar-refractivity contribution in [1.29, 1.82) is 0 Å². The molecule has 0 unspecified atom stereocenters. The Hall–Kier alpha value is -2.96. The van der Waals surface area contributed by atoms with Crippen molar-refractivity contribution in [3.63, 3.8) is 0 Å². The average molecular weight is 334 g/mol. The van der Waals surface area contributed by atoms with Crippen molar-refractivity contribution in [2.75, 3.05) is 11.1 Å². The van der Waals surface area contributed by atoms with Crippen molar-refractivity contribution in [1.82, 2.24) is 0 Å². The third-order valence-corrected chi connectivity index (χ3v) is 3.39. The highest BCUT2D eigenvalue weighted by Crippen LogP contribution is 2.19. The van der Waals surface area contributed by atoms with Gasteiger partial charge >= 0.3 is 5.97 Å². The monoisotopic (exact) mass is 334 g/mol. The Labute approximate surface area is 137 Å². The number of benzene rings is 2. The van der Waals surface area contributed by atoms with E-state index in [-0.39, 0.29) is 16.9 Å². The second-order valence-electron chi connectivity index (χ2n) is 5.20. The normalized spacial score (nSPS) is 11.7. The van der Waals surface area contributed by atoms with Crippen LogP contribution in [-0.4, -0.2) is 18.0 Å². The van der Waals surface area contributed by atoms with Crippen LogP contribution >= 0.6 is 0 Å². The van der Waals surface area contributed by atoms with Gasteiger partial charge in [0.05, 0.1) is 11.3 Å². The maximum Gasteiger partial charge on any atom is 0.341 e. The van der Waals surface area contributed by atoms with Gasteiger partial charge in [-0.1, -0.05) is 12.1 Å². The maximum absolute atomic E-state index is 13.5. The second-order valence-corrected chi connectivity index (χ2v) is 5.20. The number of nitrogens with two attached hydrogens (primary N) is 1. The van der Waals surface area contributed by atoms with Gasteiger partial charge in [-0.2, -0.15) is 0 Å². The Kier molecular flexibility index (Phi) is 5.13. The van der Waals surface area contributed by atoms with E-state index in [1.165, 1.54) is 13.0 Å². The van der Waals surface area contributed by atoms with Crippen molar-refractivity contribution in [2.45, 2.75) is 20.0 Å². The molecule has 2 aromatic rings. The number of esters is 1. The highest BCUT2D eigenvalue weighted by Gasteiger charge is 2.21. The topological polar surface area (TPSA) is 81.4 Å². The summed E-state index contributed by atoms with van der Waals surface area (Å²) >= 11 is 0. The van der Waals surface area contributed by atoms with E-state index in [2.05, 4.69) is 5.32 Å². The van der Waals surface area contributed by atoms with Crippen molar-refractivity contribution in [3.8, 4) is 0 Å². The zero-order valence-corrected chi connectivity index (χ0v) is 13.1. The molecule has 0 radical (unpaired) electrons. The van der Waals surface area contributed by atoms with Crippen LogP contribution in [0.15, 0.2) is 36.4 Å². The highest BCUT2D eigenvalue weighted by atomic mass is 19.1. The molecule has 3 N–H and O–H groups in total. The van der Waals surface area contributed by atoms with Crippen LogP contribution in [0.25, 0.3) is 0 Å². The minimum atomic E-state index is -1.19. The zero-order chi connectivity index (χ0) is 17.9. The lowest BCUT2D eigenvalue weighted by Crippen LogP contribution is -2.30. The van der Waals surface area contributed by atoms with E-state index in [1.807, 2.05) is 0 Å². The lowest BCUT2D eigenvalue weighted by molar-refractivity contribution is -0.123.